The van der Waals surface area contributed by atoms with E-state index in [2.05, 4.69) is 19.2 Å². The topological polar surface area (TPSA) is 32.3 Å². The first-order chi connectivity index (χ1) is 6.07. The van der Waals surface area contributed by atoms with Crippen LogP contribution in [0.25, 0.3) is 0 Å². The number of nitrogens with one attached hydrogen (secondary N) is 1. The van der Waals surface area contributed by atoms with Crippen LogP contribution < -0.4 is 5.32 Å². The summed E-state index contributed by atoms with van der Waals surface area (Å²) in [4.78, 5) is 13.5. The Hall–Kier alpha value is -0.570. The average molecular weight is 182 g/mol. The SMILES string of the molecule is CC(C)C1N(C)C(=O)CC12CCN2. The smallest absolute Gasteiger partial charge is 0.224 e. The lowest BCUT2D eigenvalue weighted by Crippen LogP contribution is -2.64. The first-order valence-electron chi connectivity index (χ1n) is 5.07. The molecule has 0 saturated carbocycles. The van der Waals surface area contributed by atoms with Crippen molar-refractivity contribution in [3.63, 3.8) is 0 Å². The molecule has 0 aliphatic carbocycles. The molecule has 13 heavy (non-hydrogen) atoms. The van der Waals surface area contributed by atoms with Crippen molar-refractivity contribution in [1.29, 1.82) is 0 Å². The first-order valence-corrected chi connectivity index (χ1v) is 5.07. The molecular weight excluding hydrogens is 164 g/mol. The molecule has 0 aromatic heterocycles. The van der Waals surface area contributed by atoms with Crippen molar-refractivity contribution in [2.45, 2.75) is 38.3 Å². The Morgan fingerprint density at radius 3 is 2.54 bits per heavy atom. The second kappa shape index (κ2) is 2.71. The first kappa shape index (κ1) is 9.00. The van der Waals surface area contributed by atoms with Crippen molar-refractivity contribution in [3.8, 4) is 0 Å². The Labute approximate surface area is 79.5 Å². The van der Waals surface area contributed by atoms with E-state index in [0.29, 0.717) is 24.3 Å². The molecule has 74 valence electrons. The molecular formula is C10H18N2O. The largest absolute Gasteiger partial charge is 0.341 e. The van der Waals surface area contributed by atoms with Gasteiger partial charge >= 0.3 is 0 Å². The summed E-state index contributed by atoms with van der Waals surface area (Å²) >= 11 is 0. The van der Waals surface area contributed by atoms with Gasteiger partial charge in [-0.3, -0.25) is 4.79 Å². The molecule has 0 bridgehead atoms. The van der Waals surface area contributed by atoms with Gasteiger partial charge < -0.3 is 10.2 Å². The van der Waals surface area contributed by atoms with Gasteiger partial charge in [-0.05, 0) is 18.9 Å². The predicted molar refractivity (Wildman–Crippen MR) is 51.4 cm³/mol. The summed E-state index contributed by atoms with van der Waals surface area (Å²) in [7, 11) is 1.93. The van der Waals surface area contributed by atoms with Crippen molar-refractivity contribution >= 4 is 5.91 Å². The van der Waals surface area contributed by atoms with Crippen LogP contribution in [0.2, 0.25) is 0 Å². The van der Waals surface area contributed by atoms with Gasteiger partial charge in [0.25, 0.3) is 0 Å². The quantitative estimate of drug-likeness (QED) is 0.644. The fourth-order valence-corrected chi connectivity index (χ4v) is 2.96. The fourth-order valence-electron chi connectivity index (χ4n) is 2.96. The van der Waals surface area contributed by atoms with Crippen LogP contribution in [0.15, 0.2) is 0 Å². The molecule has 3 nitrogen and oxygen atoms in total. The Kier molecular flexibility index (Phi) is 1.88. The normalized spacial score (nSPS) is 38.9. The van der Waals surface area contributed by atoms with Crippen LogP contribution in [0.3, 0.4) is 0 Å². The summed E-state index contributed by atoms with van der Waals surface area (Å²) in [5.74, 6) is 0.843. The lowest BCUT2D eigenvalue weighted by atomic mass is 9.76. The van der Waals surface area contributed by atoms with Crippen LogP contribution in [0.1, 0.15) is 26.7 Å². The van der Waals surface area contributed by atoms with Crippen molar-refractivity contribution in [1.82, 2.24) is 10.2 Å². The zero-order valence-electron chi connectivity index (χ0n) is 8.63. The summed E-state index contributed by atoms with van der Waals surface area (Å²) in [6.07, 6.45) is 1.86. The molecule has 1 N–H and O–H groups in total. The second-order valence-electron chi connectivity index (χ2n) is 4.70. The molecule has 2 atom stereocenters. The van der Waals surface area contributed by atoms with Crippen LogP contribution >= 0.6 is 0 Å². The standard InChI is InChI=1S/C10H18N2O/c1-7(2)9-10(4-5-11-10)6-8(13)12(9)3/h7,9,11H,4-6H2,1-3H3. The number of hydrogen-bond acceptors (Lipinski definition) is 2. The highest BCUT2D eigenvalue weighted by molar-refractivity contribution is 5.81. The summed E-state index contributed by atoms with van der Waals surface area (Å²) in [6, 6.07) is 0.397. The van der Waals surface area contributed by atoms with E-state index >= 15 is 0 Å². The van der Waals surface area contributed by atoms with Crippen LogP contribution in [0.4, 0.5) is 0 Å². The van der Waals surface area contributed by atoms with Gasteiger partial charge in [-0.25, -0.2) is 0 Å². The van der Waals surface area contributed by atoms with E-state index < -0.39 is 0 Å². The van der Waals surface area contributed by atoms with E-state index in [9.17, 15) is 4.79 Å². The molecule has 0 aromatic carbocycles. The predicted octanol–water partition coefficient (Wildman–Crippen LogP) is 0.605. The maximum Gasteiger partial charge on any atom is 0.224 e. The molecule has 0 radical (unpaired) electrons. The summed E-state index contributed by atoms with van der Waals surface area (Å²) in [6.45, 7) is 5.47. The maximum atomic E-state index is 11.6. The lowest BCUT2D eigenvalue weighted by molar-refractivity contribution is -0.128. The van der Waals surface area contributed by atoms with E-state index in [1.165, 1.54) is 0 Å². The Balaban J connectivity index is 2.24. The van der Waals surface area contributed by atoms with Crippen LogP contribution in [0.5, 0.6) is 0 Å². The third-order valence-corrected chi connectivity index (χ3v) is 3.52. The van der Waals surface area contributed by atoms with E-state index in [1.807, 2.05) is 11.9 Å². The Morgan fingerprint density at radius 1 is 1.62 bits per heavy atom. The van der Waals surface area contributed by atoms with E-state index in [0.717, 1.165) is 13.0 Å². The number of likely N-dealkylation sites (N-methyl/N-ethyl adjacent to an activating group) is 1. The number of likely N-dealkylation sites (tertiary alicyclic amines) is 1. The van der Waals surface area contributed by atoms with Gasteiger partial charge in [0.05, 0.1) is 6.04 Å². The number of hydrogen-bond donors (Lipinski definition) is 1. The average Bonchev–Trinajstić information content (AvgIpc) is 2.23. The molecule has 1 spiro atoms. The molecule has 3 heteroatoms. The van der Waals surface area contributed by atoms with Gasteiger partial charge in [0, 0.05) is 19.0 Å². The molecule has 2 fully saturated rings. The van der Waals surface area contributed by atoms with E-state index in [4.69, 9.17) is 0 Å². The van der Waals surface area contributed by atoms with Crippen LogP contribution in [0, 0.1) is 5.92 Å². The molecule has 2 saturated heterocycles. The number of nitrogens with zero attached hydrogens (tertiary/aromatic N) is 1. The maximum absolute atomic E-state index is 11.6. The molecule has 2 aliphatic heterocycles. The molecule has 1 amide bonds. The fraction of sp³-hybridized carbons (Fsp3) is 0.900. The number of carbonyl (C=O) groups excluding carboxylic acids is 1. The minimum absolute atomic E-state index is 0.125. The summed E-state index contributed by atoms with van der Waals surface area (Å²) in [5, 5.41) is 3.45. The highest BCUT2D eigenvalue weighted by Gasteiger charge is 2.54. The molecule has 2 rings (SSSR count). The van der Waals surface area contributed by atoms with Crippen LogP contribution in [-0.4, -0.2) is 36.0 Å². The van der Waals surface area contributed by atoms with Crippen molar-refractivity contribution in [3.05, 3.63) is 0 Å². The number of carbonyl (C=O) groups is 1. The third kappa shape index (κ3) is 1.10. The zero-order valence-corrected chi connectivity index (χ0v) is 8.63. The van der Waals surface area contributed by atoms with Gasteiger partial charge in [-0.2, -0.15) is 0 Å². The van der Waals surface area contributed by atoms with Crippen molar-refractivity contribution in [2.75, 3.05) is 13.6 Å². The van der Waals surface area contributed by atoms with Gasteiger partial charge in [0.15, 0.2) is 0 Å². The van der Waals surface area contributed by atoms with Gasteiger partial charge in [-0.1, -0.05) is 13.8 Å². The molecule has 0 aromatic rings. The summed E-state index contributed by atoms with van der Waals surface area (Å²) < 4.78 is 0. The zero-order chi connectivity index (χ0) is 9.64. The highest BCUT2D eigenvalue weighted by Crippen LogP contribution is 2.39. The van der Waals surface area contributed by atoms with Crippen molar-refractivity contribution < 1.29 is 4.79 Å². The minimum Gasteiger partial charge on any atom is -0.341 e. The van der Waals surface area contributed by atoms with E-state index in [1.54, 1.807) is 0 Å². The molecule has 2 unspecified atom stereocenters. The molecule has 2 aliphatic rings. The van der Waals surface area contributed by atoms with Crippen molar-refractivity contribution in [2.24, 2.45) is 5.92 Å². The third-order valence-electron chi connectivity index (χ3n) is 3.52. The van der Waals surface area contributed by atoms with Gasteiger partial charge in [-0.15, -0.1) is 0 Å². The monoisotopic (exact) mass is 182 g/mol. The van der Waals surface area contributed by atoms with Crippen LogP contribution in [-0.2, 0) is 4.79 Å². The summed E-state index contributed by atoms with van der Waals surface area (Å²) in [5.41, 5.74) is 0.125. The van der Waals surface area contributed by atoms with E-state index in [-0.39, 0.29) is 5.54 Å². The number of rotatable bonds is 1. The number of amides is 1. The van der Waals surface area contributed by atoms with Gasteiger partial charge in [0.2, 0.25) is 5.91 Å². The Morgan fingerprint density at radius 2 is 2.23 bits per heavy atom. The Bertz CT molecular complexity index is 233. The second-order valence-corrected chi connectivity index (χ2v) is 4.70. The van der Waals surface area contributed by atoms with Gasteiger partial charge in [0.1, 0.15) is 0 Å². The lowest BCUT2D eigenvalue weighted by Gasteiger charge is -2.46. The molecule has 2 heterocycles. The minimum atomic E-state index is 0.125. The highest BCUT2D eigenvalue weighted by atomic mass is 16.2.